The monoisotopic (exact) mass is 596 g/mol. The number of anilines is 2. The molecule has 2 aromatic heterocycles. The van der Waals surface area contributed by atoms with Crippen molar-refractivity contribution in [3.8, 4) is 11.3 Å². The zero-order valence-corrected chi connectivity index (χ0v) is 24.6. The van der Waals surface area contributed by atoms with E-state index in [-0.39, 0.29) is 34.1 Å². The van der Waals surface area contributed by atoms with Crippen LogP contribution in [-0.4, -0.2) is 95.4 Å². The van der Waals surface area contributed by atoms with Crippen LogP contribution in [0.3, 0.4) is 0 Å². The second kappa shape index (κ2) is 12.5. The second-order valence-corrected chi connectivity index (χ2v) is 11.1. The molecule has 0 atom stereocenters. The van der Waals surface area contributed by atoms with E-state index in [0.29, 0.717) is 48.9 Å². The summed E-state index contributed by atoms with van der Waals surface area (Å²) in [7, 11) is 5.15. The lowest BCUT2D eigenvalue weighted by molar-refractivity contribution is -0.137. The number of imidazole rings is 1. The predicted octanol–water partition coefficient (Wildman–Crippen LogP) is 2.88. The molecule has 2 fully saturated rings. The molecule has 2 aliphatic heterocycles. The highest BCUT2D eigenvalue weighted by Crippen LogP contribution is 2.26. The summed E-state index contributed by atoms with van der Waals surface area (Å²) >= 11 is 6.48. The molecule has 2 saturated heterocycles. The van der Waals surface area contributed by atoms with Crippen molar-refractivity contribution in [1.29, 1.82) is 0 Å². The molecule has 2 aliphatic rings. The van der Waals surface area contributed by atoms with Crippen LogP contribution in [0, 0.1) is 11.9 Å². The highest BCUT2D eigenvalue weighted by Gasteiger charge is 2.30. The summed E-state index contributed by atoms with van der Waals surface area (Å²) in [6.45, 7) is 3.56. The first kappa shape index (κ1) is 29.5. The van der Waals surface area contributed by atoms with E-state index < -0.39 is 11.9 Å². The zero-order valence-electron chi connectivity index (χ0n) is 23.9. The van der Waals surface area contributed by atoms with Crippen molar-refractivity contribution in [2.45, 2.75) is 12.8 Å². The maximum Gasteiger partial charge on any atom is 0.291 e. The van der Waals surface area contributed by atoms with Crippen molar-refractivity contribution in [2.75, 3.05) is 63.6 Å². The first-order valence-electron chi connectivity index (χ1n) is 13.9. The molecule has 4 heterocycles. The first-order chi connectivity index (χ1) is 20.1. The Hall–Kier alpha value is -4.03. The van der Waals surface area contributed by atoms with Crippen LogP contribution in [0.1, 0.15) is 33.8 Å². The average molecular weight is 597 g/mol. The summed E-state index contributed by atoms with van der Waals surface area (Å²) in [5, 5.41) is 6.21. The SMILES string of the molecule is CN(C)c1ccc(-c2cnc(C(=O)Nc3ccc(C(=O)N4CCN(C(=O)C5CCNCC5)CC4)c(Cl)c3)n2C)c(F)n1. The highest BCUT2D eigenvalue weighted by atomic mass is 35.5. The molecule has 0 radical (unpaired) electrons. The number of carbonyl (C=O) groups is 3. The Morgan fingerprint density at radius 3 is 2.38 bits per heavy atom. The quantitative estimate of drug-likeness (QED) is 0.421. The van der Waals surface area contributed by atoms with Gasteiger partial charge in [0, 0.05) is 58.9 Å². The summed E-state index contributed by atoms with van der Waals surface area (Å²) in [5.41, 5.74) is 1.31. The zero-order chi connectivity index (χ0) is 30.0. The van der Waals surface area contributed by atoms with Gasteiger partial charge < -0.3 is 29.9 Å². The van der Waals surface area contributed by atoms with E-state index in [1.54, 1.807) is 55.2 Å². The van der Waals surface area contributed by atoms with E-state index in [9.17, 15) is 18.8 Å². The molecule has 42 heavy (non-hydrogen) atoms. The smallest absolute Gasteiger partial charge is 0.291 e. The van der Waals surface area contributed by atoms with Crippen molar-refractivity contribution in [1.82, 2.24) is 29.7 Å². The van der Waals surface area contributed by atoms with Gasteiger partial charge in [-0.1, -0.05) is 11.6 Å². The van der Waals surface area contributed by atoms with Crippen LogP contribution in [0.5, 0.6) is 0 Å². The number of piperidine rings is 1. The molecule has 0 spiro atoms. The summed E-state index contributed by atoms with van der Waals surface area (Å²) in [6.07, 6.45) is 3.11. The number of halogens is 2. The van der Waals surface area contributed by atoms with Crippen molar-refractivity contribution in [2.24, 2.45) is 13.0 Å². The minimum atomic E-state index is -0.669. The van der Waals surface area contributed by atoms with Crippen LogP contribution in [0.4, 0.5) is 15.9 Å². The van der Waals surface area contributed by atoms with Crippen LogP contribution in [0.15, 0.2) is 36.5 Å². The fraction of sp³-hybridized carbons (Fsp3) is 0.414. The van der Waals surface area contributed by atoms with Gasteiger partial charge in [0.25, 0.3) is 11.8 Å². The van der Waals surface area contributed by atoms with Gasteiger partial charge in [-0.25, -0.2) is 9.97 Å². The van der Waals surface area contributed by atoms with Crippen LogP contribution in [0.25, 0.3) is 11.3 Å². The van der Waals surface area contributed by atoms with Crippen molar-refractivity contribution < 1.29 is 18.8 Å². The van der Waals surface area contributed by atoms with Crippen LogP contribution < -0.4 is 15.5 Å². The number of nitrogens with zero attached hydrogens (tertiary/aromatic N) is 6. The number of piperazine rings is 1. The van der Waals surface area contributed by atoms with Crippen LogP contribution in [0.2, 0.25) is 5.02 Å². The lowest BCUT2D eigenvalue weighted by Gasteiger charge is -2.37. The van der Waals surface area contributed by atoms with E-state index in [2.05, 4.69) is 20.6 Å². The molecule has 11 nitrogen and oxygen atoms in total. The highest BCUT2D eigenvalue weighted by molar-refractivity contribution is 6.34. The van der Waals surface area contributed by atoms with Crippen molar-refractivity contribution in [3.63, 3.8) is 0 Å². The third-order valence-corrected chi connectivity index (χ3v) is 8.10. The number of pyridine rings is 1. The molecular weight excluding hydrogens is 563 g/mol. The molecule has 5 rings (SSSR count). The number of hydrogen-bond acceptors (Lipinski definition) is 7. The third-order valence-electron chi connectivity index (χ3n) is 7.78. The fourth-order valence-corrected chi connectivity index (χ4v) is 5.58. The lowest BCUT2D eigenvalue weighted by Crippen LogP contribution is -2.52. The van der Waals surface area contributed by atoms with Gasteiger partial charge in [0.15, 0.2) is 5.82 Å². The van der Waals surface area contributed by atoms with Gasteiger partial charge in [-0.05, 0) is 56.3 Å². The number of benzene rings is 1. The topological polar surface area (TPSA) is 116 Å². The van der Waals surface area contributed by atoms with Gasteiger partial charge in [-0.3, -0.25) is 14.4 Å². The van der Waals surface area contributed by atoms with E-state index in [1.807, 2.05) is 4.90 Å². The van der Waals surface area contributed by atoms with Gasteiger partial charge in [0.05, 0.1) is 28.0 Å². The number of carbonyl (C=O) groups excluding carboxylic acids is 3. The van der Waals surface area contributed by atoms with Gasteiger partial charge in [0.2, 0.25) is 11.9 Å². The normalized spacial score (nSPS) is 15.9. The number of rotatable bonds is 6. The Labute approximate surface area is 248 Å². The predicted molar refractivity (Wildman–Crippen MR) is 158 cm³/mol. The molecule has 222 valence electrons. The summed E-state index contributed by atoms with van der Waals surface area (Å²) in [4.78, 5) is 52.5. The molecule has 1 aromatic carbocycles. The van der Waals surface area contributed by atoms with Crippen molar-refractivity contribution >= 4 is 40.8 Å². The molecule has 0 aliphatic carbocycles. The number of aromatic nitrogens is 3. The molecule has 3 amide bonds. The Morgan fingerprint density at radius 2 is 1.74 bits per heavy atom. The number of hydrogen-bond donors (Lipinski definition) is 2. The molecule has 13 heteroatoms. The third kappa shape index (κ3) is 6.09. The Bertz CT molecular complexity index is 1500. The van der Waals surface area contributed by atoms with E-state index in [0.717, 1.165) is 25.9 Å². The summed E-state index contributed by atoms with van der Waals surface area (Å²) < 4.78 is 16.2. The molecule has 2 N–H and O–H groups in total. The maximum absolute atomic E-state index is 14.7. The largest absolute Gasteiger partial charge is 0.363 e. The van der Waals surface area contributed by atoms with Gasteiger partial charge in [0.1, 0.15) is 5.82 Å². The molecular formula is C29H34ClFN8O3. The Morgan fingerprint density at radius 1 is 1.05 bits per heavy atom. The number of amides is 3. The molecule has 3 aromatic rings. The molecule has 0 bridgehead atoms. The van der Waals surface area contributed by atoms with Crippen LogP contribution >= 0.6 is 11.6 Å². The Kier molecular flexibility index (Phi) is 8.74. The molecule has 0 unspecified atom stereocenters. The average Bonchev–Trinajstić information content (AvgIpc) is 3.37. The second-order valence-electron chi connectivity index (χ2n) is 10.7. The van der Waals surface area contributed by atoms with E-state index >= 15 is 0 Å². The van der Waals surface area contributed by atoms with Gasteiger partial charge >= 0.3 is 0 Å². The lowest BCUT2D eigenvalue weighted by atomic mass is 9.96. The van der Waals surface area contributed by atoms with Crippen LogP contribution in [-0.2, 0) is 11.8 Å². The van der Waals surface area contributed by atoms with Gasteiger partial charge in [-0.2, -0.15) is 4.39 Å². The number of nitrogens with one attached hydrogen (secondary N) is 2. The van der Waals surface area contributed by atoms with Crippen molar-refractivity contribution in [3.05, 3.63) is 58.9 Å². The maximum atomic E-state index is 14.7. The summed E-state index contributed by atoms with van der Waals surface area (Å²) in [5.74, 6) is -0.655. The first-order valence-corrected chi connectivity index (χ1v) is 14.3. The minimum Gasteiger partial charge on any atom is -0.363 e. The van der Waals surface area contributed by atoms with E-state index in [4.69, 9.17) is 11.6 Å². The Balaban J connectivity index is 1.21. The van der Waals surface area contributed by atoms with Gasteiger partial charge in [-0.15, -0.1) is 0 Å². The molecule has 0 saturated carbocycles. The minimum absolute atomic E-state index is 0.0517. The standard InChI is InChI=1S/C29H34ClFN8O3/c1-36(2)24-7-6-21(25(31)35-24)23-17-33-26(37(23)3)27(40)34-19-4-5-20(22(30)16-19)29(42)39-14-12-38(13-15-39)28(41)18-8-10-32-11-9-18/h4-7,16-18,32H,8-15H2,1-3H3,(H,34,40). The summed E-state index contributed by atoms with van der Waals surface area (Å²) in [6, 6.07) is 7.96. The van der Waals surface area contributed by atoms with E-state index in [1.165, 1.54) is 16.8 Å². The fourth-order valence-electron chi connectivity index (χ4n) is 5.32.